The van der Waals surface area contributed by atoms with Crippen LogP contribution in [0.2, 0.25) is 5.02 Å². The van der Waals surface area contributed by atoms with E-state index in [9.17, 15) is 28.0 Å². The second-order valence-corrected chi connectivity index (χ2v) is 9.34. The van der Waals surface area contributed by atoms with Crippen molar-refractivity contribution >= 4 is 45.1 Å². The second kappa shape index (κ2) is 9.84. The number of hydrogen-bond acceptors (Lipinski definition) is 7. The fraction of sp³-hybridized carbons (Fsp3) is 0.273. The van der Waals surface area contributed by atoms with E-state index in [0.717, 1.165) is 4.90 Å². The third kappa shape index (κ3) is 4.91. The minimum Gasteiger partial charge on any atom is -0.457 e. The summed E-state index contributed by atoms with van der Waals surface area (Å²) in [7, 11) is -1.48. The number of urea groups is 1. The van der Waals surface area contributed by atoms with Crippen LogP contribution in [0.15, 0.2) is 48.5 Å². The molecule has 1 saturated heterocycles. The molecule has 1 atom stereocenters. The van der Waals surface area contributed by atoms with Crippen LogP contribution in [0.1, 0.15) is 19.4 Å². The summed E-state index contributed by atoms with van der Waals surface area (Å²) < 4.78 is 30.0. The number of hydrogen-bond donors (Lipinski definition) is 1. The van der Waals surface area contributed by atoms with Gasteiger partial charge in [-0.05, 0) is 67.9 Å². The van der Waals surface area contributed by atoms with Crippen LogP contribution in [-0.4, -0.2) is 76.9 Å². The summed E-state index contributed by atoms with van der Waals surface area (Å²) in [5, 5.41) is 10.8. The number of carbonyl (C=O) groups is 3. The fourth-order valence-electron chi connectivity index (χ4n) is 3.40. The van der Waals surface area contributed by atoms with E-state index < -0.39 is 40.4 Å². The van der Waals surface area contributed by atoms with Gasteiger partial charge in [0.1, 0.15) is 27.9 Å². The quantitative estimate of drug-likeness (QED) is 0.145. The molecule has 4 amide bonds. The highest BCUT2D eigenvalue weighted by Gasteiger charge is 2.50. The highest BCUT2D eigenvalue weighted by atomic mass is 35.5. The maximum absolute atomic E-state index is 12.7. The average Bonchev–Trinajstić information content (AvgIpc) is 2.95. The van der Waals surface area contributed by atoms with Gasteiger partial charge in [-0.15, -0.1) is 0 Å². The number of carbonyl (C=O) groups excluding carboxylic acids is 3. The van der Waals surface area contributed by atoms with Gasteiger partial charge >= 0.3 is 6.03 Å². The van der Waals surface area contributed by atoms with Gasteiger partial charge in [0.05, 0.1) is 6.54 Å². The van der Waals surface area contributed by atoms with E-state index in [1.165, 1.54) is 50.1 Å². The van der Waals surface area contributed by atoms with Crippen molar-refractivity contribution in [2.24, 2.45) is 0 Å². The van der Waals surface area contributed by atoms with E-state index in [0.29, 0.717) is 16.5 Å². The molecule has 0 spiro atoms. The Morgan fingerprint density at radius 3 is 2.09 bits per heavy atom. The fourth-order valence-corrected chi connectivity index (χ4v) is 4.26. The molecule has 0 aliphatic carbocycles. The van der Waals surface area contributed by atoms with Crippen LogP contribution in [0, 0.1) is 0 Å². The largest absolute Gasteiger partial charge is 0.457 e. The van der Waals surface area contributed by atoms with Crippen LogP contribution >= 0.6 is 11.6 Å². The van der Waals surface area contributed by atoms with Gasteiger partial charge < -0.3 is 9.64 Å². The van der Waals surface area contributed by atoms with Gasteiger partial charge in [-0.1, -0.05) is 11.6 Å². The lowest BCUT2D eigenvalue weighted by atomic mass is 10.0. The van der Waals surface area contributed by atoms with Crippen LogP contribution in [0.25, 0.3) is 0 Å². The summed E-state index contributed by atoms with van der Waals surface area (Å²) in [6, 6.07) is 10.3. The van der Waals surface area contributed by atoms with Crippen molar-refractivity contribution in [3.63, 3.8) is 0 Å². The number of amides is 4. The average molecular weight is 508 g/mol. The summed E-state index contributed by atoms with van der Waals surface area (Å²) in [4.78, 5) is 38.3. The molecule has 1 aliphatic heterocycles. The Morgan fingerprint density at radius 2 is 1.65 bits per heavy atom. The molecule has 12 heteroatoms. The van der Waals surface area contributed by atoms with Crippen molar-refractivity contribution in [3.05, 3.63) is 59.1 Å². The Kier molecular flexibility index (Phi) is 7.29. The number of rotatable bonds is 8. The van der Waals surface area contributed by atoms with E-state index in [-0.39, 0.29) is 21.9 Å². The molecule has 1 N–H and O–H groups in total. The zero-order chi connectivity index (χ0) is 25.2. The van der Waals surface area contributed by atoms with E-state index >= 15 is 0 Å². The Hall–Kier alpha value is -3.41. The minimum absolute atomic E-state index is 0.00935. The standard InChI is InChI=1S/C22H22ClN3O7S/c1-22(2)20(28)25(21(29)24(22)3)12-18(26(30)13-27)19(34(31)32)14-4-8-16(9-5-14)33-17-10-6-15(23)7-11-17/h4-11,13,18,30H,12H2,1-3H3. The van der Waals surface area contributed by atoms with Crippen molar-refractivity contribution in [1.29, 1.82) is 0 Å². The molecule has 34 heavy (non-hydrogen) atoms. The molecule has 0 saturated carbocycles. The third-order valence-electron chi connectivity index (χ3n) is 5.58. The molecule has 1 fully saturated rings. The highest BCUT2D eigenvalue weighted by Crippen LogP contribution is 2.27. The number of ether oxygens (including phenoxy) is 1. The Labute approximate surface area is 202 Å². The van der Waals surface area contributed by atoms with Gasteiger partial charge in [-0.25, -0.2) is 9.86 Å². The highest BCUT2D eigenvalue weighted by molar-refractivity contribution is 7.73. The molecular formula is C22H22ClN3O7S. The Morgan fingerprint density at radius 1 is 1.12 bits per heavy atom. The molecule has 1 unspecified atom stereocenters. The molecule has 1 heterocycles. The number of benzene rings is 2. The summed E-state index contributed by atoms with van der Waals surface area (Å²) in [6.07, 6.45) is 0.00935. The first-order valence-electron chi connectivity index (χ1n) is 9.99. The number of imide groups is 1. The smallest absolute Gasteiger partial charge is 0.327 e. The number of likely N-dealkylation sites (N-methyl/N-ethyl adjacent to an activating group) is 1. The predicted molar refractivity (Wildman–Crippen MR) is 123 cm³/mol. The van der Waals surface area contributed by atoms with Gasteiger partial charge in [0.15, 0.2) is 0 Å². The molecular weight excluding hydrogens is 486 g/mol. The van der Waals surface area contributed by atoms with Crippen LogP contribution in [-0.2, 0) is 19.9 Å². The summed E-state index contributed by atoms with van der Waals surface area (Å²) in [5.41, 5.74) is -1.03. The lowest BCUT2D eigenvalue weighted by Gasteiger charge is -2.26. The Bertz CT molecular complexity index is 1240. The van der Waals surface area contributed by atoms with Gasteiger partial charge in [0.25, 0.3) is 5.91 Å². The maximum atomic E-state index is 12.7. The molecule has 0 aromatic heterocycles. The van der Waals surface area contributed by atoms with Crippen molar-refractivity contribution in [2.75, 3.05) is 13.6 Å². The first-order valence-corrected chi connectivity index (χ1v) is 11.4. The normalized spacial score (nSPS) is 15.8. The minimum atomic E-state index is -2.92. The molecule has 180 valence electrons. The molecule has 0 bridgehead atoms. The van der Waals surface area contributed by atoms with Crippen LogP contribution in [0.3, 0.4) is 0 Å². The predicted octanol–water partition coefficient (Wildman–Crippen LogP) is 2.42. The molecule has 2 aromatic rings. The summed E-state index contributed by atoms with van der Waals surface area (Å²) in [6.45, 7) is 2.51. The van der Waals surface area contributed by atoms with Crippen LogP contribution < -0.4 is 4.74 Å². The second-order valence-electron chi connectivity index (χ2n) is 8.00. The molecule has 2 aromatic carbocycles. The topological polar surface area (TPSA) is 125 Å². The summed E-state index contributed by atoms with van der Waals surface area (Å²) in [5.74, 6) is 0.308. The third-order valence-corrected chi connectivity index (χ3v) is 6.70. The first-order chi connectivity index (χ1) is 16.0. The molecule has 10 nitrogen and oxygen atoms in total. The first kappa shape index (κ1) is 25.2. The van der Waals surface area contributed by atoms with Crippen LogP contribution in [0.5, 0.6) is 11.5 Å². The lowest BCUT2D eigenvalue weighted by molar-refractivity contribution is -0.156. The van der Waals surface area contributed by atoms with Crippen molar-refractivity contribution in [3.8, 4) is 11.5 Å². The monoisotopic (exact) mass is 507 g/mol. The van der Waals surface area contributed by atoms with Gasteiger partial charge in [0, 0.05) is 12.1 Å². The molecule has 3 rings (SSSR count). The maximum Gasteiger partial charge on any atom is 0.327 e. The van der Waals surface area contributed by atoms with E-state index in [2.05, 4.69) is 0 Å². The number of hydroxylamine groups is 2. The van der Waals surface area contributed by atoms with E-state index in [1.54, 1.807) is 24.3 Å². The van der Waals surface area contributed by atoms with Gasteiger partial charge in [-0.2, -0.15) is 8.42 Å². The zero-order valence-corrected chi connectivity index (χ0v) is 20.1. The van der Waals surface area contributed by atoms with Crippen molar-refractivity contribution in [1.82, 2.24) is 14.9 Å². The zero-order valence-electron chi connectivity index (χ0n) is 18.5. The van der Waals surface area contributed by atoms with Crippen LogP contribution in [0.4, 0.5) is 4.79 Å². The van der Waals surface area contributed by atoms with Gasteiger partial charge in [0.2, 0.25) is 16.7 Å². The molecule has 1 aliphatic rings. The van der Waals surface area contributed by atoms with Crippen molar-refractivity contribution < 1.29 is 32.7 Å². The van der Waals surface area contributed by atoms with Crippen molar-refractivity contribution in [2.45, 2.75) is 25.4 Å². The SMILES string of the molecule is CN1C(=O)N(CC(C(c2ccc(Oc3ccc(Cl)cc3)cc2)=S(=O)=O)N(O)C=O)C(=O)C1(C)C. The van der Waals surface area contributed by atoms with E-state index in [4.69, 9.17) is 16.3 Å². The van der Waals surface area contributed by atoms with E-state index in [1.807, 2.05) is 0 Å². The number of halogens is 1. The summed E-state index contributed by atoms with van der Waals surface area (Å²) >= 11 is 5.86. The van der Waals surface area contributed by atoms with Gasteiger partial charge in [-0.3, -0.25) is 19.7 Å². The lowest BCUT2D eigenvalue weighted by Crippen LogP contribution is -2.50. The Balaban J connectivity index is 1.92. The molecule has 0 radical (unpaired) electrons. The number of nitrogens with zero attached hydrogens (tertiary/aromatic N) is 3.